The van der Waals surface area contributed by atoms with Crippen LogP contribution in [0.5, 0.6) is 0 Å². The minimum absolute atomic E-state index is 0.0102. The van der Waals surface area contributed by atoms with E-state index in [2.05, 4.69) is 20.0 Å². The molecular weight excluding hydrogens is 520 g/mol. The average molecular weight is 549 g/mol. The molecule has 0 spiro atoms. The lowest BCUT2D eigenvalue weighted by atomic mass is 9.94. The lowest BCUT2D eigenvalue weighted by Gasteiger charge is -2.33. The van der Waals surface area contributed by atoms with Gasteiger partial charge in [-0.25, -0.2) is 23.1 Å². The number of nitrogens with one attached hydrogen (secondary N) is 2. The Morgan fingerprint density at radius 2 is 1.54 bits per heavy atom. The van der Waals surface area contributed by atoms with Gasteiger partial charge in [-0.1, -0.05) is 18.2 Å². The van der Waals surface area contributed by atoms with Gasteiger partial charge in [0.2, 0.25) is 23.7 Å². The lowest BCUT2D eigenvalue weighted by Crippen LogP contribution is -2.44. The first-order chi connectivity index (χ1) is 18.8. The van der Waals surface area contributed by atoms with Gasteiger partial charge in [-0.15, -0.1) is 0 Å². The lowest BCUT2D eigenvalue weighted by molar-refractivity contribution is -0.138. The van der Waals surface area contributed by atoms with Crippen LogP contribution in [0.3, 0.4) is 0 Å². The number of carbonyl (C=O) groups excluding carboxylic acids is 3. The topological polar surface area (TPSA) is 142 Å². The van der Waals surface area contributed by atoms with Crippen LogP contribution in [0.4, 0.5) is 17.3 Å². The van der Waals surface area contributed by atoms with E-state index < -0.39 is 10.0 Å². The summed E-state index contributed by atoms with van der Waals surface area (Å²) in [5, 5.41) is 2.84. The highest BCUT2D eigenvalue weighted by Crippen LogP contribution is 2.28. The van der Waals surface area contributed by atoms with Gasteiger partial charge in [0, 0.05) is 55.7 Å². The first-order valence-electron chi connectivity index (χ1n) is 12.6. The fourth-order valence-electron chi connectivity index (χ4n) is 4.84. The second-order valence-corrected chi connectivity index (χ2v) is 11.2. The number of rotatable bonds is 7. The quantitative estimate of drug-likeness (QED) is 0.462. The molecule has 1 atom stereocenters. The van der Waals surface area contributed by atoms with Crippen molar-refractivity contribution in [2.24, 2.45) is 11.8 Å². The molecule has 3 amide bonds. The van der Waals surface area contributed by atoms with Crippen molar-refractivity contribution >= 4 is 45.1 Å². The number of aromatic nitrogens is 2. The van der Waals surface area contributed by atoms with Crippen LogP contribution in [0.2, 0.25) is 0 Å². The fourth-order valence-corrected chi connectivity index (χ4v) is 5.80. The third-order valence-corrected chi connectivity index (χ3v) is 8.29. The monoisotopic (exact) mass is 548 g/mol. The van der Waals surface area contributed by atoms with Crippen LogP contribution in [0.15, 0.2) is 78.0 Å². The molecule has 0 radical (unpaired) electrons. The fraction of sp³-hybridized carbons (Fsp3) is 0.296. The zero-order valence-electron chi connectivity index (χ0n) is 21.1. The number of likely N-dealkylation sites (tertiary alicyclic amines) is 1. The number of nitrogens with zero attached hydrogens (tertiary/aromatic N) is 4. The standard InChI is InChI=1S/C27H28N6O5S/c34-24-17-20(18-33(24)22-5-2-1-3-6-22)26(36)32-15-11-19(12-16-32)25(35)30-21-7-9-23(10-8-21)39(37,38)31-27-28-13-4-14-29-27/h1-10,13-14,19-20H,11-12,15-18H2,(H,30,35)(H,28,29,31). The number of sulfonamides is 1. The molecular formula is C27H28N6O5S. The molecule has 0 bridgehead atoms. The number of benzene rings is 2. The van der Waals surface area contributed by atoms with Crippen LogP contribution in [0, 0.1) is 11.8 Å². The van der Waals surface area contributed by atoms with Crippen LogP contribution in [-0.4, -0.2) is 60.6 Å². The maximum absolute atomic E-state index is 13.1. The van der Waals surface area contributed by atoms with Crippen LogP contribution in [-0.2, 0) is 24.4 Å². The Morgan fingerprint density at radius 1 is 0.872 bits per heavy atom. The van der Waals surface area contributed by atoms with E-state index in [9.17, 15) is 22.8 Å². The number of piperidine rings is 1. The number of amides is 3. The Morgan fingerprint density at radius 3 is 2.21 bits per heavy atom. The number of hydrogen-bond donors (Lipinski definition) is 2. The maximum atomic E-state index is 13.1. The van der Waals surface area contributed by atoms with Gasteiger partial charge in [-0.05, 0) is 55.3 Å². The van der Waals surface area contributed by atoms with Crippen LogP contribution in [0.1, 0.15) is 19.3 Å². The molecule has 2 aromatic carbocycles. The van der Waals surface area contributed by atoms with Crippen molar-refractivity contribution in [1.29, 1.82) is 0 Å². The SMILES string of the molecule is O=C(Nc1ccc(S(=O)(=O)Nc2ncccn2)cc1)C1CCN(C(=O)C2CC(=O)N(c3ccccc3)C2)CC1. The number of para-hydroxylation sites is 1. The maximum Gasteiger partial charge on any atom is 0.264 e. The van der Waals surface area contributed by atoms with E-state index in [4.69, 9.17) is 0 Å². The van der Waals surface area contributed by atoms with Crippen molar-refractivity contribution in [3.8, 4) is 0 Å². The van der Waals surface area contributed by atoms with Crippen molar-refractivity contribution in [2.75, 3.05) is 34.6 Å². The van der Waals surface area contributed by atoms with Gasteiger partial charge >= 0.3 is 0 Å². The normalized spacial score (nSPS) is 18.2. The van der Waals surface area contributed by atoms with Crippen molar-refractivity contribution < 1.29 is 22.8 Å². The van der Waals surface area contributed by atoms with E-state index in [1.807, 2.05) is 30.3 Å². The molecule has 39 heavy (non-hydrogen) atoms. The Hall–Kier alpha value is -4.32. The van der Waals surface area contributed by atoms with Gasteiger partial charge in [-0.3, -0.25) is 14.4 Å². The minimum Gasteiger partial charge on any atom is -0.342 e. The molecule has 11 nitrogen and oxygen atoms in total. The van der Waals surface area contributed by atoms with E-state index in [1.165, 1.54) is 36.7 Å². The van der Waals surface area contributed by atoms with Gasteiger partial charge in [0.25, 0.3) is 10.0 Å². The van der Waals surface area contributed by atoms with E-state index in [0.717, 1.165) is 5.69 Å². The van der Waals surface area contributed by atoms with Crippen LogP contribution >= 0.6 is 0 Å². The molecule has 2 fully saturated rings. The van der Waals surface area contributed by atoms with Gasteiger partial charge in [-0.2, -0.15) is 0 Å². The highest BCUT2D eigenvalue weighted by Gasteiger charge is 2.38. The second-order valence-electron chi connectivity index (χ2n) is 9.53. The van der Waals surface area contributed by atoms with Gasteiger partial charge in [0.15, 0.2) is 0 Å². The molecule has 5 rings (SSSR count). The zero-order valence-corrected chi connectivity index (χ0v) is 21.9. The van der Waals surface area contributed by atoms with Gasteiger partial charge in [0.05, 0.1) is 10.8 Å². The molecule has 1 unspecified atom stereocenters. The molecule has 3 aromatic rings. The molecule has 0 saturated carbocycles. The molecule has 12 heteroatoms. The smallest absolute Gasteiger partial charge is 0.264 e. The largest absolute Gasteiger partial charge is 0.342 e. The summed E-state index contributed by atoms with van der Waals surface area (Å²) in [7, 11) is -3.87. The summed E-state index contributed by atoms with van der Waals surface area (Å²) >= 11 is 0. The summed E-state index contributed by atoms with van der Waals surface area (Å²) in [6.45, 7) is 1.25. The molecule has 0 aliphatic carbocycles. The first-order valence-corrected chi connectivity index (χ1v) is 14.1. The van der Waals surface area contributed by atoms with Crippen molar-refractivity contribution in [3.05, 3.63) is 73.1 Å². The predicted octanol–water partition coefficient (Wildman–Crippen LogP) is 2.51. The molecule has 2 aliphatic heterocycles. The van der Waals surface area contributed by atoms with Gasteiger partial charge in [0.1, 0.15) is 0 Å². The average Bonchev–Trinajstić information content (AvgIpc) is 3.35. The Balaban J connectivity index is 1.12. The molecule has 202 valence electrons. The van der Waals surface area contributed by atoms with Gasteiger partial charge < -0.3 is 15.1 Å². The van der Waals surface area contributed by atoms with Crippen molar-refractivity contribution in [3.63, 3.8) is 0 Å². The van der Waals surface area contributed by atoms with E-state index in [1.54, 1.807) is 15.9 Å². The molecule has 2 saturated heterocycles. The molecule has 2 aliphatic rings. The van der Waals surface area contributed by atoms with E-state index in [0.29, 0.717) is 38.2 Å². The highest BCUT2D eigenvalue weighted by atomic mass is 32.2. The van der Waals surface area contributed by atoms with E-state index in [-0.39, 0.29) is 46.8 Å². The molecule has 3 heterocycles. The third kappa shape index (κ3) is 6.06. The summed E-state index contributed by atoms with van der Waals surface area (Å²) < 4.78 is 27.4. The minimum atomic E-state index is -3.87. The van der Waals surface area contributed by atoms with Crippen molar-refractivity contribution in [1.82, 2.24) is 14.9 Å². The third-order valence-electron chi connectivity index (χ3n) is 6.94. The summed E-state index contributed by atoms with van der Waals surface area (Å²) in [5.74, 6) is -0.988. The number of hydrogen-bond acceptors (Lipinski definition) is 7. The second kappa shape index (κ2) is 11.2. The number of carbonyl (C=O) groups is 3. The Labute approximate surface area is 226 Å². The first kappa shape index (κ1) is 26.3. The summed E-state index contributed by atoms with van der Waals surface area (Å²) in [6, 6.07) is 16.7. The van der Waals surface area contributed by atoms with Crippen LogP contribution < -0.4 is 14.9 Å². The molecule has 1 aromatic heterocycles. The van der Waals surface area contributed by atoms with E-state index >= 15 is 0 Å². The summed E-state index contributed by atoms with van der Waals surface area (Å²) in [4.78, 5) is 49.6. The highest BCUT2D eigenvalue weighted by molar-refractivity contribution is 7.92. The van der Waals surface area contributed by atoms with Crippen LogP contribution in [0.25, 0.3) is 0 Å². The Bertz CT molecular complexity index is 1440. The predicted molar refractivity (Wildman–Crippen MR) is 144 cm³/mol. The Kier molecular flexibility index (Phi) is 7.55. The summed E-state index contributed by atoms with van der Waals surface area (Å²) in [6.07, 6.45) is 4.06. The number of anilines is 3. The molecule has 2 N–H and O–H groups in total. The zero-order chi connectivity index (χ0) is 27.4. The summed E-state index contributed by atoms with van der Waals surface area (Å²) in [5.41, 5.74) is 1.26. The van der Waals surface area contributed by atoms with Crippen molar-refractivity contribution in [2.45, 2.75) is 24.2 Å².